The van der Waals surface area contributed by atoms with Crippen LogP contribution in [0.1, 0.15) is 0 Å². The fourth-order valence-electron chi connectivity index (χ4n) is 2.63. The second kappa shape index (κ2) is 7.10. The highest BCUT2D eigenvalue weighted by molar-refractivity contribution is 7.89. The molecule has 0 atom stereocenters. The molecule has 0 unspecified atom stereocenters. The molecule has 12 nitrogen and oxygen atoms in total. The number of sulfonamides is 2. The first-order valence-electron chi connectivity index (χ1n) is 8.23. The molecule has 2 heterocycles. The number of benzene rings is 2. The Morgan fingerprint density at radius 1 is 0.900 bits per heavy atom. The Balaban J connectivity index is 1.74. The van der Waals surface area contributed by atoms with Gasteiger partial charge in [-0.3, -0.25) is 0 Å². The summed E-state index contributed by atoms with van der Waals surface area (Å²) in [6.07, 6.45) is 1.42. The number of hydrogen-bond donors (Lipinski definition) is 3. The lowest BCUT2D eigenvalue weighted by molar-refractivity contribution is 0.596. The zero-order valence-corrected chi connectivity index (χ0v) is 16.7. The minimum absolute atomic E-state index is 0.0694. The van der Waals surface area contributed by atoms with Crippen molar-refractivity contribution >= 4 is 42.8 Å². The molecule has 0 amide bonds. The Kier molecular flexibility index (Phi) is 4.70. The molecule has 4 aromatic rings. The quantitative estimate of drug-likeness (QED) is 0.386. The van der Waals surface area contributed by atoms with Crippen molar-refractivity contribution in [1.82, 2.24) is 25.0 Å². The van der Waals surface area contributed by atoms with Crippen LogP contribution in [0.25, 0.3) is 16.9 Å². The summed E-state index contributed by atoms with van der Waals surface area (Å²) in [5, 5.41) is 21.2. The van der Waals surface area contributed by atoms with Crippen LogP contribution >= 0.6 is 0 Å². The first kappa shape index (κ1) is 19.8. The van der Waals surface area contributed by atoms with Gasteiger partial charge >= 0.3 is 0 Å². The molecule has 5 N–H and O–H groups in total. The average Bonchev–Trinajstić information content (AvgIpc) is 3.10. The maximum atomic E-state index is 11.6. The first-order valence-corrected chi connectivity index (χ1v) is 11.3. The molecule has 0 fully saturated rings. The molecular weight excluding hydrogens is 432 g/mol. The molecule has 0 saturated carbocycles. The number of rotatable bonds is 5. The van der Waals surface area contributed by atoms with E-state index in [1.807, 2.05) is 0 Å². The molecule has 2 aromatic carbocycles. The Morgan fingerprint density at radius 2 is 1.57 bits per heavy atom. The van der Waals surface area contributed by atoms with Crippen LogP contribution in [0.4, 0.5) is 11.6 Å². The highest BCUT2D eigenvalue weighted by atomic mass is 32.2. The Hall–Kier alpha value is -3.46. The van der Waals surface area contributed by atoms with E-state index in [2.05, 4.69) is 25.6 Å². The average molecular weight is 446 g/mol. The Morgan fingerprint density at radius 3 is 2.27 bits per heavy atom. The van der Waals surface area contributed by atoms with Crippen molar-refractivity contribution in [3.8, 4) is 5.69 Å². The van der Waals surface area contributed by atoms with Gasteiger partial charge in [0, 0.05) is 5.69 Å². The number of nitrogens with one attached hydrogen (secondary N) is 1. The van der Waals surface area contributed by atoms with Crippen molar-refractivity contribution in [1.29, 1.82) is 0 Å². The van der Waals surface area contributed by atoms with Crippen LogP contribution in [0.2, 0.25) is 0 Å². The van der Waals surface area contributed by atoms with Gasteiger partial charge in [-0.2, -0.15) is 9.67 Å². The molecule has 0 spiro atoms. The zero-order valence-electron chi connectivity index (χ0n) is 15.0. The Labute approximate surface area is 170 Å². The number of primary sulfonamides is 2. The fourth-order valence-corrected chi connectivity index (χ4v) is 3.75. The van der Waals surface area contributed by atoms with Crippen LogP contribution in [-0.4, -0.2) is 41.8 Å². The van der Waals surface area contributed by atoms with Gasteiger partial charge in [0.15, 0.2) is 11.2 Å². The standard InChI is InChI=1S/C16H14N8O4S2/c17-29(25,26)12-5-1-3-10(7-12)20-16-19-9-14-15(21-16)24(23-22-14)11-4-2-6-13(8-11)30(18,27)28/h1-9H,(H2,17,25,26)(H2,18,27,28)(H,19,20,21). The molecule has 0 aliphatic heterocycles. The van der Waals surface area contributed by atoms with Crippen LogP contribution in [0.15, 0.2) is 64.5 Å². The third-order valence-corrected chi connectivity index (χ3v) is 5.82. The fraction of sp³-hybridized carbons (Fsp3) is 0. The normalized spacial score (nSPS) is 12.2. The van der Waals surface area contributed by atoms with E-state index in [1.165, 1.54) is 47.3 Å². The van der Waals surface area contributed by atoms with Gasteiger partial charge in [-0.25, -0.2) is 32.1 Å². The van der Waals surface area contributed by atoms with Crippen LogP contribution in [0.5, 0.6) is 0 Å². The monoisotopic (exact) mass is 446 g/mol. The molecule has 154 valence electrons. The van der Waals surface area contributed by atoms with Gasteiger partial charge in [-0.15, -0.1) is 5.10 Å². The topological polar surface area (TPSA) is 189 Å². The summed E-state index contributed by atoms with van der Waals surface area (Å²) < 4.78 is 47.6. The van der Waals surface area contributed by atoms with Gasteiger partial charge in [-0.1, -0.05) is 17.3 Å². The van der Waals surface area contributed by atoms with Gasteiger partial charge in [0.1, 0.15) is 0 Å². The van der Waals surface area contributed by atoms with Crippen molar-refractivity contribution in [2.75, 3.05) is 5.32 Å². The molecule has 0 aliphatic rings. The summed E-state index contributed by atoms with van der Waals surface area (Å²) in [6, 6.07) is 11.7. The second-order valence-corrected chi connectivity index (χ2v) is 9.27. The predicted octanol–water partition coefficient (Wildman–Crippen LogP) is 0.249. The first-order chi connectivity index (χ1) is 14.1. The van der Waals surface area contributed by atoms with Crippen molar-refractivity contribution in [3.05, 3.63) is 54.7 Å². The van der Waals surface area contributed by atoms with E-state index in [0.29, 0.717) is 22.5 Å². The molecular formula is C16H14N8O4S2. The van der Waals surface area contributed by atoms with Gasteiger partial charge in [0.2, 0.25) is 26.0 Å². The summed E-state index contributed by atoms with van der Waals surface area (Å²) in [5.74, 6) is 0.139. The molecule has 2 aromatic heterocycles. The smallest absolute Gasteiger partial charge is 0.238 e. The summed E-state index contributed by atoms with van der Waals surface area (Å²) in [7, 11) is -7.77. The summed E-state index contributed by atoms with van der Waals surface area (Å²) in [4.78, 5) is 8.31. The lowest BCUT2D eigenvalue weighted by Crippen LogP contribution is -2.12. The summed E-state index contributed by atoms with van der Waals surface area (Å²) >= 11 is 0. The van der Waals surface area contributed by atoms with Gasteiger partial charge in [0.25, 0.3) is 0 Å². The van der Waals surface area contributed by atoms with Crippen LogP contribution in [0, 0.1) is 0 Å². The van der Waals surface area contributed by atoms with E-state index < -0.39 is 20.0 Å². The number of nitrogens with two attached hydrogens (primary N) is 2. The third-order valence-electron chi connectivity index (χ3n) is 4.00. The molecule has 0 aliphatic carbocycles. The number of hydrogen-bond acceptors (Lipinski definition) is 9. The lowest BCUT2D eigenvalue weighted by atomic mass is 10.3. The van der Waals surface area contributed by atoms with Gasteiger partial charge in [-0.05, 0) is 36.4 Å². The third kappa shape index (κ3) is 3.97. The molecule has 0 radical (unpaired) electrons. The van der Waals surface area contributed by atoms with E-state index in [9.17, 15) is 16.8 Å². The Bertz CT molecular complexity index is 1480. The zero-order chi connectivity index (χ0) is 21.5. The molecule has 14 heteroatoms. The number of anilines is 2. The van der Waals surface area contributed by atoms with E-state index in [4.69, 9.17) is 10.3 Å². The molecule has 30 heavy (non-hydrogen) atoms. The summed E-state index contributed by atoms with van der Waals surface area (Å²) in [5.41, 5.74) is 1.43. The number of fused-ring (bicyclic) bond motifs is 1. The maximum Gasteiger partial charge on any atom is 0.238 e. The number of aromatic nitrogens is 5. The predicted molar refractivity (Wildman–Crippen MR) is 107 cm³/mol. The van der Waals surface area contributed by atoms with E-state index in [-0.39, 0.29) is 15.7 Å². The van der Waals surface area contributed by atoms with Gasteiger partial charge in [0.05, 0.1) is 21.7 Å². The lowest BCUT2D eigenvalue weighted by Gasteiger charge is -2.07. The number of nitrogens with zero attached hydrogens (tertiary/aromatic N) is 5. The summed E-state index contributed by atoms with van der Waals surface area (Å²) in [6.45, 7) is 0. The minimum Gasteiger partial charge on any atom is -0.324 e. The second-order valence-electron chi connectivity index (χ2n) is 6.14. The van der Waals surface area contributed by atoms with Crippen molar-refractivity contribution in [3.63, 3.8) is 0 Å². The van der Waals surface area contributed by atoms with Crippen molar-refractivity contribution in [2.24, 2.45) is 10.3 Å². The maximum absolute atomic E-state index is 11.6. The molecule has 4 rings (SSSR count). The van der Waals surface area contributed by atoms with E-state index in [1.54, 1.807) is 12.1 Å². The minimum atomic E-state index is -3.90. The van der Waals surface area contributed by atoms with Crippen molar-refractivity contribution < 1.29 is 16.8 Å². The van der Waals surface area contributed by atoms with Crippen LogP contribution in [0.3, 0.4) is 0 Å². The van der Waals surface area contributed by atoms with Gasteiger partial charge < -0.3 is 5.32 Å². The van der Waals surface area contributed by atoms with Crippen molar-refractivity contribution in [2.45, 2.75) is 9.79 Å². The largest absolute Gasteiger partial charge is 0.324 e. The van der Waals surface area contributed by atoms with Crippen LogP contribution < -0.4 is 15.6 Å². The van der Waals surface area contributed by atoms with E-state index in [0.717, 1.165) is 0 Å². The van der Waals surface area contributed by atoms with Crippen LogP contribution in [-0.2, 0) is 20.0 Å². The molecule has 0 saturated heterocycles. The highest BCUT2D eigenvalue weighted by Gasteiger charge is 2.14. The molecule has 0 bridgehead atoms. The van der Waals surface area contributed by atoms with E-state index >= 15 is 0 Å². The SMILES string of the molecule is NS(=O)(=O)c1cccc(Nc2ncc3nnn(-c4cccc(S(N)(=O)=O)c4)c3n2)c1. The highest BCUT2D eigenvalue weighted by Crippen LogP contribution is 2.21.